The van der Waals surface area contributed by atoms with E-state index >= 15 is 0 Å². The van der Waals surface area contributed by atoms with Crippen LogP contribution in [0.3, 0.4) is 0 Å². The number of hydrogen-bond acceptors (Lipinski definition) is 5. The Hall–Kier alpha value is -1.02. The molecule has 0 spiro atoms. The van der Waals surface area contributed by atoms with Crippen LogP contribution in [-0.2, 0) is 12.2 Å². The minimum absolute atomic E-state index is 0.0737. The van der Waals surface area contributed by atoms with Crippen molar-refractivity contribution in [3.8, 4) is 6.07 Å². The molecular weight excluding hydrogens is 258 g/mol. The van der Waals surface area contributed by atoms with Crippen LogP contribution in [0.15, 0.2) is 4.52 Å². The number of aromatic nitrogens is 2. The summed E-state index contributed by atoms with van der Waals surface area (Å²) in [4.78, 5) is 4.42. The zero-order chi connectivity index (χ0) is 14.5. The first-order valence-corrected chi connectivity index (χ1v) is 7.59. The van der Waals surface area contributed by atoms with Gasteiger partial charge in [0.1, 0.15) is 0 Å². The van der Waals surface area contributed by atoms with Gasteiger partial charge >= 0.3 is 0 Å². The molecule has 1 aromatic rings. The highest BCUT2D eigenvalue weighted by Gasteiger charge is 2.25. The van der Waals surface area contributed by atoms with E-state index in [0.29, 0.717) is 18.7 Å². The van der Waals surface area contributed by atoms with Gasteiger partial charge < -0.3 is 4.52 Å². The third kappa shape index (κ3) is 5.65. The van der Waals surface area contributed by atoms with Gasteiger partial charge in [0.25, 0.3) is 0 Å². The van der Waals surface area contributed by atoms with E-state index < -0.39 is 0 Å². The molecule has 1 heterocycles. The molecule has 0 N–H and O–H groups in total. The normalized spacial score (nSPS) is 14.9. The van der Waals surface area contributed by atoms with E-state index in [9.17, 15) is 0 Å². The summed E-state index contributed by atoms with van der Waals surface area (Å²) in [6.45, 7) is 10.7. The Bertz CT molecular complexity index is 444. The summed E-state index contributed by atoms with van der Waals surface area (Å²) in [6.07, 6.45) is 2.11. The number of rotatable bonds is 6. The Morgan fingerprint density at radius 1 is 1.32 bits per heavy atom. The van der Waals surface area contributed by atoms with Gasteiger partial charge in [-0.3, -0.25) is 0 Å². The lowest BCUT2D eigenvalue weighted by Crippen LogP contribution is -2.18. The van der Waals surface area contributed by atoms with Crippen LogP contribution in [0.25, 0.3) is 0 Å². The molecule has 0 amide bonds. The fourth-order valence-corrected chi connectivity index (χ4v) is 2.25. The molecule has 0 aliphatic rings. The predicted molar refractivity (Wildman–Crippen MR) is 77.7 cm³/mol. The maximum absolute atomic E-state index is 8.87. The maximum Gasteiger partial charge on any atom is 0.227 e. The number of nitriles is 1. The zero-order valence-corrected chi connectivity index (χ0v) is 13.3. The van der Waals surface area contributed by atoms with Gasteiger partial charge in [0.2, 0.25) is 5.89 Å². The first kappa shape index (κ1) is 16.0. The maximum atomic E-state index is 8.87. The summed E-state index contributed by atoms with van der Waals surface area (Å²) in [5, 5.41) is 12.9. The van der Waals surface area contributed by atoms with Crippen LogP contribution in [0.4, 0.5) is 0 Å². The average molecular weight is 281 g/mol. The van der Waals surface area contributed by atoms with Crippen molar-refractivity contribution in [2.45, 2.75) is 64.4 Å². The van der Waals surface area contributed by atoms with Gasteiger partial charge in [0.05, 0.1) is 11.8 Å². The van der Waals surface area contributed by atoms with Crippen LogP contribution in [0, 0.1) is 16.7 Å². The van der Waals surface area contributed by atoms with Gasteiger partial charge in [-0.1, -0.05) is 39.8 Å². The van der Waals surface area contributed by atoms with E-state index in [2.05, 4.69) is 50.8 Å². The topological polar surface area (TPSA) is 62.7 Å². The summed E-state index contributed by atoms with van der Waals surface area (Å²) in [5.74, 6) is 2.14. The first-order chi connectivity index (χ1) is 8.78. The number of nitrogens with zero attached hydrogens (tertiary/aromatic N) is 3. The second-order valence-corrected chi connectivity index (χ2v) is 7.98. The van der Waals surface area contributed by atoms with E-state index in [1.165, 1.54) is 0 Å². The van der Waals surface area contributed by atoms with Crippen LogP contribution >= 0.6 is 11.8 Å². The lowest BCUT2D eigenvalue weighted by molar-refractivity contribution is 0.265. The van der Waals surface area contributed by atoms with Crippen molar-refractivity contribution in [3.63, 3.8) is 0 Å². The first-order valence-electron chi connectivity index (χ1n) is 6.60. The van der Waals surface area contributed by atoms with E-state index in [1.807, 2.05) is 0 Å². The van der Waals surface area contributed by atoms with Gasteiger partial charge in [0, 0.05) is 17.6 Å². The molecule has 19 heavy (non-hydrogen) atoms. The van der Waals surface area contributed by atoms with Crippen LogP contribution in [0.5, 0.6) is 0 Å². The highest BCUT2D eigenvalue weighted by atomic mass is 32.2. The lowest BCUT2D eigenvalue weighted by atomic mass is 9.81. The molecule has 0 saturated carbocycles. The zero-order valence-electron chi connectivity index (χ0n) is 12.5. The standard InChI is InChI=1S/C14H23N3OS/c1-6-14(5,7-8-15)9-12-16-11(17-18-12)10-19-13(2,3)4/h6-7,9-10H2,1-5H3. The van der Waals surface area contributed by atoms with Crippen LogP contribution in [0.1, 0.15) is 59.2 Å². The summed E-state index contributed by atoms with van der Waals surface area (Å²) < 4.78 is 5.48. The lowest BCUT2D eigenvalue weighted by Gasteiger charge is -2.22. The van der Waals surface area contributed by atoms with Crippen molar-refractivity contribution < 1.29 is 4.52 Å². The molecule has 0 radical (unpaired) electrons. The summed E-state index contributed by atoms with van der Waals surface area (Å²) in [7, 11) is 0. The highest BCUT2D eigenvalue weighted by molar-refractivity contribution is 7.99. The fraction of sp³-hybridized carbons (Fsp3) is 0.786. The smallest absolute Gasteiger partial charge is 0.227 e. The van der Waals surface area contributed by atoms with Crippen LogP contribution in [0.2, 0.25) is 0 Å². The molecule has 0 fully saturated rings. The minimum atomic E-state index is -0.0737. The summed E-state index contributed by atoms with van der Waals surface area (Å²) in [6, 6.07) is 2.24. The Morgan fingerprint density at radius 2 is 2.00 bits per heavy atom. The molecule has 0 aromatic carbocycles. The van der Waals surface area contributed by atoms with Gasteiger partial charge in [-0.25, -0.2) is 0 Å². The molecule has 1 unspecified atom stereocenters. The van der Waals surface area contributed by atoms with Crippen molar-refractivity contribution in [1.29, 1.82) is 5.26 Å². The van der Waals surface area contributed by atoms with E-state index in [4.69, 9.17) is 9.78 Å². The molecular formula is C14H23N3OS. The van der Waals surface area contributed by atoms with Crippen molar-refractivity contribution in [2.24, 2.45) is 5.41 Å². The minimum Gasteiger partial charge on any atom is -0.339 e. The third-order valence-corrected chi connectivity index (χ3v) is 4.35. The Labute approximate surface area is 120 Å². The van der Waals surface area contributed by atoms with E-state index in [1.54, 1.807) is 11.8 Å². The van der Waals surface area contributed by atoms with Gasteiger partial charge in [-0.2, -0.15) is 10.2 Å². The second-order valence-electron chi connectivity index (χ2n) is 6.18. The van der Waals surface area contributed by atoms with Gasteiger partial charge in [-0.15, -0.1) is 11.8 Å². The molecule has 0 saturated heterocycles. The van der Waals surface area contributed by atoms with Crippen molar-refractivity contribution >= 4 is 11.8 Å². The molecule has 1 aromatic heterocycles. The molecule has 0 aliphatic heterocycles. The van der Waals surface area contributed by atoms with Crippen LogP contribution in [-0.4, -0.2) is 14.9 Å². The van der Waals surface area contributed by atoms with E-state index in [-0.39, 0.29) is 10.2 Å². The van der Waals surface area contributed by atoms with Gasteiger partial charge in [0.15, 0.2) is 5.82 Å². The SMILES string of the molecule is CCC(C)(CC#N)Cc1nc(CSC(C)(C)C)no1. The highest BCUT2D eigenvalue weighted by Crippen LogP contribution is 2.30. The van der Waals surface area contributed by atoms with Crippen LogP contribution < -0.4 is 0 Å². The van der Waals surface area contributed by atoms with Crippen molar-refractivity contribution in [2.75, 3.05) is 0 Å². The largest absolute Gasteiger partial charge is 0.339 e. The number of thioether (sulfide) groups is 1. The molecule has 1 rings (SSSR count). The Balaban J connectivity index is 2.62. The molecule has 0 aliphatic carbocycles. The fourth-order valence-electron chi connectivity index (χ4n) is 1.57. The number of hydrogen-bond donors (Lipinski definition) is 0. The molecule has 5 heteroatoms. The Morgan fingerprint density at radius 3 is 2.53 bits per heavy atom. The van der Waals surface area contributed by atoms with E-state index in [0.717, 1.165) is 18.0 Å². The second kappa shape index (κ2) is 6.42. The van der Waals surface area contributed by atoms with Crippen molar-refractivity contribution in [1.82, 2.24) is 10.1 Å². The molecule has 106 valence electrons. The predicted octanol–water partition coefficient (Wildman–Crippen LogP) is 3.97. The molecule has 4 nitrogen and oxygen atoms in total. The molecule has 1 atom stereocenters. The quantitative estimate of drug-likeness (QED) is 0.789. The summed E-state index contributed by atoms with van der Waals surface area (Å²) >= 11 is 1.80. The average Bonchev–Trinajstić information content (AvgIpc) is 2.73. The van der Waals surface area contributed by atoms with Gasteiger partial charge in [-0.05, 0) is 11.8 Å². The van der Waals surface area contributed by atoms with Crippen molar-refractivity contribution in [3.05, 3.63) is 11.7 Å². The monoisotopic (exact) mass is 281 g/mol. The third-order valence-electron chi connectivity index (χ3n) is 3.08. The molecule has 0 bridgehead atoms. The Kier molecular flexibility index (Phi) is 5.42. The summed E-state index contributed by atoms with van der Waals surface area (Å²) in [5.41, 5.74) is -0.0737.